The van der Waals surface area contributed by atoms with E-state index in [-0.39, 0.29) is 0 Å². The van der Waals surface area contributed by atoms with Crippen molar-refractivity contribution in [1.29, 1.82) is 0 Å². The van der Waals surface area contributed by atoms with Crippen LogP contribution in [0.5, 0.6) is 0 Å². The van der Waals surface area contributed by atoms with Gasteiger partial charge in [0.25, 0.3) is 0 Å². The Kier molecular flexibility index (Phi) is 9.92. The summed E-state index contributed by atoms with van der Waals surface area (Å²) in [5.74, 6) is 6.49. The van der Waals surface area contributed by atoms with E-state index in [0.717, 1.165) is 37.4 Å². The molecule has 5 nitrogen and oxygen atoms in total. The molecule has 0 saturated carbocycles. The van der Waals surface area contributed by atoms with Gasteiger partial charge in [0.2, 0.25) is 0 Å². The summed E-state index contributed by atoms with van der Waals surface area (Å²) < 4.78 is 0. The highest BCUT2D eigenvalue weighted by Crippen LogP contribution is 2.16. The summed E-state index contributed by atoms with van der Waals surface area (Å²) in [5.41, 5.74) is 9.35. The van der Waals surface area contributed by atoms with Crippen LogP contribution < -0.4 is 10.6 Å². The highest BCUT2D eigenvalue weighted by Gasteiger charge is 2.13. The fourth-order valence-corrected chi connectivity index (χ4v) is 2.53. The highest BCUT2D eigenvalue weighted by atomic mass is 15.2. The first-order valence-corrected chi connectivity index (χ1v) is 9.76. The van der Waals surface area contributed by atoms with E-state index in [9.17, 15) is 0 Å². The number of hydrogen-bond acceptors (Lipinski definition) is 5. The molecular formula is C22H33N5. The zero-order chi connectivity index (χ0) is 20.2. The van der Waals surface area contributed by atoms with E-state index in [0.29, 0.717) is 11.5 Å². The maximum Gasteiger partial charge on any atom is 0.158 e. The molecule has 1 aromatic heterocycles. The number of rotatable bonds is 1. The first kappa shape index (κ1) is 22.5. The topological polar surface area (TPSA) is 58.3 Å². The molecule has 1 aromatic carbocycles. The van der Waals surface area contributed by atoms with Crippen molar-refractivity contribution >= 4 is 11.5 Å². The fourth-order valence-electron chi connectivity index (χ4n) is 2.53. The van der Waals surface area contributed by atoms with E-state index < -0.39 is 0 Å². The lowest BCUT2D eigenvalue weighted by molar-refractivity contribution is 0.313. The number of piperazine rings is 1. The van der Waals surface area contributed by atoms with Crippen molar-refractivity contribution in [2.75, 3.05) is 43.9 Å². The van der Waals surface area contributed by atoms with Crippen LogP contribution in [0, 0.1) is 18.8 Å². The summed E-state index contributed by atoms with van der Waals surface area (Å²) in [7, 11) is 2.16. The van der Waals surface area contributed by atoms with Crippen molar-refractivity contribution in [3.05, 3.63) is 47.4 Å². The van der Waals surface area contributed by atoms with E-state index in [4.69, 9.17) is 5.73 Å². The van der Waals surface area contributed by atoms with Gasteiger partial charge in [0.1, 0.15) is 0 Å². The molecule has 2 N–H and O–H groups in total. The van der Waals surface area contributed by atoms with Crippen LogP contribution in [0.15, 0.2) is 30.5 Å². The van der Waals surface area contributed by atoms with Crippen LogP contribution in [0.3, 0.4) is 0 Å². The Bertz CT molecular complexity index is 736. The minimum absolute atomic E-state index is 0.372. The molecule has 0 amide bonds. The molecular weight excluding hydrogens is 334 g/mol. The average molecular weight is 368 g/mol. The summed E-state index contributed by atoms with van der Waals surface area (Å²) in [6.07, 6.45) is 1.64. The minimum atomic E-state index is 0.372. The Morgan fingerprint density at radius 2 is 1.52 bits per heavy atom. The van der Waals surface area contributed by atoms with Crippen LogP contribution in [0.1, 0.15) is 44.6 Å². The number of aromatic nitrogens is 2. The van der Waals surface area contributed by atoms with E-state index in [1.54, 1.807) is 6.20 Å². The number of anilines is 2. The van der Waals surface area contributed by atoms with E-state index in [2.05, 4.69) is 50.8 Å². The summed E-state index contributed by atoms with van der Waals surface area (Å²) >= 11 is 0. The van der Waals surface area contributed by atoms with Crippen LogP contribution in [-0.2, 0) is 0 Å². The molecule has 0 aliphatic carbocycles. The van der Waals surface area contributed by atoms with E-state index in [1.807, 2.05) is 46.8 Å². The van der Waals surface area contributed by atoms with Gasteiger partial charge >= 0.3 is 0 Å². The second kappa shape index (κ2) is 11.9. The Morgan fingerprint density at radius 1 is 0.926 bits per heavy atom. The lowest BCUT2D eigenvalue weighted by Gasteiger charge is -2.34. The first-order valence-electron chi connectivity index (χ1n) is 9.76. The van der Waals surface area contributed by atoms with Crippen LogP contribution in [0.25, 0.3) is 0 Å². The Labute approximate surface area is 164 Å². The number of nitrogens with zero attached hydrogens (tertiary/aromatic N) is 4. The Hall–Kier alpha value is -2.58. The van der Waals surface area contributed by atoms with Gasteiger partial charge in [-0.1, -0.05) is 33.6 Å². The molecule has 0 unspecified atom stereocenters. The molecule has 2 aromatic rings. The zero-order valence-electron chi connectivity index (χ0n) is 17.6. The van der Waals surface area contributed by atoms with Gasteiger partial charge in [0.15, 0.2) is 11.5 Å². The van der Waals surface area contributed by atoms with Gasteiger partial charge in [0.05, 0.1) is 11.9 Å². The molecule has 1 saturated heterocycles. The third-order valence-corrected chi connectivity index (χ3v) is 3.98. The molecule has 3 rings (SSSR count). The summed E-state index contributed by atoms with van der Waals surface area (Å²) in [6, 6.07) is 8.33. The molecule has 0 spiro atoms. The molecule has 0 radical (unpaired) electrons. The molecule has 0 bridgehead atoms. The summed E-state index contributed by atoms with van der Waals surface area (Å²) in [4.78, 5) is 13.1. The molecule has 2 heterocycles. The molecule has 0 atom stereocenters. The van der Waals surface area contributed by atoms with Crippen molar-refractivity contribution in [3.8, 4) is 11.8 Å². The van der Waals surface area contributed by atoms with Crippen molar-refractivity contribution in [2.45, 2.75) is 34.6 Å². The number of nitrogen functional groups attached to an aromatic ring is 1. The van der Waals surface area contributed by atoms with Gasteiger partial charge in [-0.3, -0.25) is 0 Å². The molecule has 5 heteroatoms. The summed E-state index contributed by atoms with van der Waals surface area (Å²) in [5, 5.41) is 0. The van der Waals surface area contributed by atoms with Crippen molar-refractivity contribution < 1.29 is 0 Å². The minimum Gasteiger partial charge on any atom is -0.381 e. The number of hydrogen-bond donors (Lipinski definition) is 1. The molecule has 1 fully saturated rings. The van der Waals surface area contributed by atoms with Crippen LogP contribution in [0.2, 0.25) is 0 Å². The highest BCUT2D eigenvalue weighted by molar-refractivity contribution is 5.53. The van der Waals surface area contributed by atoms with Crippen LogP contribution in [0.4, 0.5) is 11.5 Å². The third kappa shape index (κ3) is 6.92. The van der Waals surface area contributed by atoms with Gasteiger partial charge in [0, 0.05) is 37.4 Å². The lowest BCUT2D eigenvalue weighted by atomic mass is 10.2. The predicted molar refractivity (Wildman–Crippen MR) is 116 cm³/mol. The second-order valence-corrected chi connectivity index (χ2v) is 5.83. The normalized spacial score (nSPS) is 13.3. The number of aryl methyl sites for hydroxylation is 1. The first-order chi connectivity index (χ1) is 13.1. The standard InChI is InChI=1S/C18H21N5.2C2H6/c1-14-13-20-18(19)17(21-14)8-5-15-3-6-16(7-4-15)23-11-9-22(2)10-12-23;2*1-2/h3-4,6-7,13H,9-12H2,1-2H3,(H2,19,20);2*1-2H3. The van der Waals surface area contributed by atoms with E-state index >= 15 is 0 Å². The van der Waals surface area contributed by atoms with Gasteiger partial charge < -0.3 is 15.5 Å². The fraction of sp³-hybridized carbons (Fsp3) is 0.455. The molecule has 27 heavy (non-hydrogen) atoms. The second-order valence-electron chi connectivity index (χ2n) is 5.83. The van der Waals surface area contributed by atoms with Gasteiger partial charge in [-0.25, -0.2) is 9.97 Å². The maximum atomic E-state index is 5.80. The van der Waals surface area contributed by atoms with Crippen molar-refractivity contribution in [1.82, 2.24) is 14.9 Å². The monoisotopic (exact) mass is 367 g/mol. The van der Waals surface area contributed by atoms with Crippen LogP contribution >= 0.6 is 0 Å². The molecule has 1 aliphatic rings. The largest absolute Gasteiger partial charge is 0.381 e. The van der Waals surface area contributed by atoms with Gasteiger partial charge in [-0.15, -0.1) is 0 Å². The smallest absolute Gasteiger partial charge is 0.158 e. The average Bonchev–Trinajstić information content (AvgIpc) is 2.73. The number of nitrogens with two attached hydrogens (primary N) is 1. The number of likely N-dealkylation sites (N-methyl/N-ethyl adjacent to an activating group) is 1. The molecule has 1 aliphatic heterocycles. The Balaban J connectivity index is 0.000000855. The predicted octanol–water partition coefficient (Wildman–Crippen LogP) is 3.57. The van der Waals surface area contributed by atoms with Crippen molar-refractivity contribution in [2.24, 2.45) is 0 Å². The zero-order valence-corrected chi connectivity index (χ0v) is 17.6. The third-order valence-electron chi connectivity index (χ3n) is 3.98. The number of benzene rings is 1. The summed E-state index contributed by atoms with van der Waals surface area (Å²) in [6.45, 7) is 14.2. The lowest BCUT2D eigenvalue weighted by Crippen LogP contribution is -2.44. The quantitative estimate of drug-likeness (QED) is 0.781. The van der Waals surface area contributed by atoms with Gasteiger partial charge in [-0.2, -0.15) is 0 Å². The molecule has 146 valence electrons. The SMILES string of the molecule is CC.CC.Cc1cnc(N)c(C#Cc2ccc(N3CCN(C)CC3)cc2)n1. The Morgan fingerprint density at radius 3 is 2.11 bits per heavy atom. The van der Waals surface area contributed by atoms with Gasteiger partial charge in [-0.05, 0) is 44.2 Å². The maximum absolute atomic E-state index is 5.80. The van der Waals surface area contributed by atoms with Crippen LogP contribution in [-0.4, -0.2) is 48.1 Å². The van der Waals surface area contributed by atoms with E-state index in [1.165, 1.54) is 5.69 Å². The van der Waals surface area contributed by atoms with Crippen molar-refractivity contribution in [3.63, 3.8) is 0 Å².